The van der Waals surface area contributed by atoms with Crippen LogP contribution in [0.4, 0.5) is 5.82 Å². The molecule has 1 fully saturated rings. The Balaban J connectivity index is 1.61. The molecule has 0 N–H and O–H groups in total. The van der Waals surface area contributed by atoms with Gasteiger partial charge in [-0.15, -0.1) is 0 Å². The minimum absolute atomic E-state index is 0.564. The second-order valence-electron chi connectivity index (χ2n) is 6.13. The SMILES string of the molecule is Cc1ncccc1CN(C)C1CN(c2ncnc(C)c2C)C1. The van der Waals surface area contributed by atoms with Crippen LogP contribution in [-0.2, 0) is 6.54 Å². The third-order valence-electron chi connectivity index (χ3n) is 4.63. The van der Waals surface area contributed by atoms with Gasteiger partial charge in [-0.2, -0.15) is 0 Å². The summed E-state index contributed by atoms with van der Waals surface area (Å²) in [5.41, 5.74) is 4.67. The van der Waals surface area contributed by atoms with E-state index in [-0.39, 0.29) is 0 Å². The molecular weight excluding hydrogens is 274 g/mol. The first-order valence-electron chi connectivity index (χ1n) is 7.70. The van der Waals surface area contributed by atoms with Crippen LogP contribution in [0.3, 0.4) is 0 Å². The molecule has 0 spiro atoms. The van der Waals surface area contributed by atoms with Gasteiger partial charge >= 0.3 is 0 Å². The Labute approximate surface area is 132 Å². The summed E-state index contributed by atoms with van der Waals surface area (Å²) in [6.07, 6.45) is 3.51. The van der Waals surface area contributed by atoms with Crippen molar-refractivity contribution in [2.24, 2.45) is 0 Å². The van der Waals surface area contributed by atoms with Gasteiger partial charge in [-0.25, -0.2) is 9.97 Å². The van der Waals surface area contributed by atoms with Crippen molar-refractivity contribution in [3.63, 3.8) is 0 Å². The van der Waals surface area contributed by atoms with E-state index >= 15 is 0 Å². The van der Waals surface area contributed by atoms with Gasteiger partial charge < -0.3 is 4.90 Å². The van der Waals surface area contributed by atoms with Crippen molar-refractivity contribution in [2.75, 3.05) is 25.0 Å². The van der Waals surface area contributed by atoms with Gasteiger partial charge in [0.25, 0.3) is 0 Å². The third kappa shape index (κ3) is 2.81. The molecule has 2 aromatic heterocycles. The fourth-order valence-corrected chi connectivity index (χ4v) is 2.83. The van der Waals surface area contributed by atoms with Crippen LogP contribution in [0, 0.1) is 20.8 Å². The van der Waals surface area contributed by atoms with Crippen LogP contribution >= 0.6 is 0 Å². The number of rotatable bonds is 4. The Bertz CT molecular complexity index is 664. The van der Waals surface area contributed by atoms with E-state index in [2.05, 4.69) is 51.7 Å². The van der Waals surface area contributed by atoms with Crippen molar-refractivity contribution in [2.45, 2.75) is 33.4 Å². The smallest absolute Gasteiger partial charge is 0.135 e. The van der Waals surface area contributed by atoms with Gasteiger partial charge in [0, 0.05) is 48.8 Å². The van der Waals surface area contributed by atoms with Gasteiger partial charge in [-0.1, -0.05) is 6.07 Å². The standard InChI is InChI=1S/C17H23N5/c1-12-13(2)19-11-20-17(12)22-9-16(10-22)21(4)8-15-6-5-7-18-14(15)3/h5-7,11,16H,8-10H2,1-4H3. The molecule has 116 valence electrons. The number of pyridine rings is 1. The Morgan fingerprint density at radius 2 is 1.91 bits per heavy atom. The molecule has 1 saturated heterocycles. The summed E-state index contributed by atoms with van der Waals surface area (Å²) < 4.78 is 0. The zero-order chi connectivity index (χ0) is 15.7. The monoisotopic (exact) mass is 297 g/mol. The fourth-order valence-electron chi connectivity index (χ4n) is 2.83. The number of hydrogen-bond donors (Lipinski definition) is 0. The van der Waals surface area contributed by atoms with Crippen molar-refractivity contribution in [3.05, 3.63) is 47.2 Å². The zero-order valence-electron chi connectivity index (χ0n) is 13.7. The van der Waals surface area contributed by atoms with E-state index in [1.54, 1.807) is 6.33 Å². The molecule has 0 radical (unpaired) electrons. The molecule has 3 heterocycles. The van der Waals surface area contributed by atoms with Crippen LogP contribution in [0.5, 0.6) is 0 Å². The minimum Gasteiger partial charge on any atom is -0.353 e. The highest BCUT2D eigenvalue weighted by molar-refractivity contribution is 5.50. The van der Waals surface area contributed by atoms with Gasteiger partial charge in [0.15, 0.2) is 0 Å². The molecule has 0 saturated carbocycles. The van der Waals surface area contributed by atoms with Crippen LogP contribution in [0.1, 0.15) is 22.5 Å². The maximum absolute atomic E-state index is 4.44. The highest BCUT2D eigenvalue weighted by Crippen LogP contribution is 2.25. The van der Waals surface area contributed by atoms with Crippen molar-refractivity contribution in [3.8, 4) is 0 Å². The number of likely N-dealkylation sites (N-methyl/N-ethyl adjacent to an activating group) is 1. The number of nitrogens with zero attached hydrogens (tertiary/aromatic N) is 5. The quantitative estimate of drug-likeness (QED) is 0.865. The summed E-state index contributed by atoms with van der Waals surface area (Å²) in [6.45, 7) is 9.19. The Hall–Kier alpha value is -2.01. The van der Waals surface area contributed by atoms with E-state index in [9.17, 15) is 0 Å². The summed E-state index contributed by atoms with van der Waals surface area (Å²) in [7, 11) is 2.19. The maximum Gasteiger partial charge on any atom is 0.135 e. The first kappa shape index (κ1) is 14.9. The Morgan fingerprint density at radius 1 is 1.14 bits per heavy atom. The van der Waals surface area contributed by atoms with Crippen LogP contribution in [-0.4, -0.2) is 46.0 Å². The minimum atomic E-state index is 0.564. The highest BCUT2D eigenvalue weighted by Gasteiger charge is 2.32. The van der Waals surface area contributed by atoms with E-state index in [0.29, 0.717) is 6.04 Å². The van der Waals surface area contributed by atoms with Crippen molar-refractivity contribution in [1.29, 1.82) is 0 Å². The van der Waals surface area contributed by atoms with E-state index in [4.69, 9.17) is 0 Å². The van der Waals surface area contributed by atoms with Crippen LogP contribution in [0.2, 0.25) is 0 Å². The van der Waals surface area contributed by atoms with Gasteiger partial charge in [0.1, 0.15) is 12.1 Å². The summed E-state index contributed by atoms with van der Waals surface area (Å²) in [5.74, 6) is 1.08. The van der Waals surface area contributed by atoms with Gasteiger partial charge in [0.2, 0.25) is 0 Å². The largest absolute Gasteiger partial charge is 0.353 e. The van der Waals surface area contributed by atoms with Crippen LogP contribution in [0.15, 0.2) is 24.7 Å². The lowest BCUT2D eigenvalue weighted by Crippen LogP contribution is -2.58. The molecule has 0 aromatic carbocycles. The first-order chi connectivity index (χ1) is 10.6. The molecule has 1 aliphatic rings. The normalized spacial score (nSPS) is 15.2. The molecule has 0 bridgehead atoms. The molecule has 5 heteroatoms. The fraction of sp³-hybridized carbons (Fsp3) is 0.471. The predicted octanol–water partition coefficient (Wildman–Crippen LogP) is 2.12. The number of aryl methyl sites for hydroxylation is 2. The van der Waals surface area contributed by atoms with Crippen molar-refractivity contribution >= 4 is 5.82 Å². The second kappa shape index (κ2) is 6.01. The third-order valence-corrected chi connectivity index (χ3v) is 4.63. The average molecular weight is 297 g/mol. The number of aromatic nitrogens is 3. The van der Waals surface area contributed by atoms with Crippen LogP contribution < -0.4 is 4.90 Å². The van der Waals surface area contributed by atoms with E-state index < -0.39 is 0 Å². The number of hydrogen-bond acceptors (Lipinski definition) is 5. The van der Waals surface area contributed by atoms with E-state index in [1.165, 1.54) is 11.1 Å². The maximum atomic E-state index is 4.44. The van der Waals surface area contributed by atoms with Gasteiger partial charge in [0.05, 0.1) is 0 Å². The van der Waals surface area contributed by atoms with E-state index in [0.717, 1.165) is 36.8 Å². The average Bonchev–Trinajstić information content (AvgIpc) is 2.44. The Kier molecular flexibility index (Phi) is 4.07. The lowest BCUT2D eigenvalue weighted by Gasteiger charge is -2.45. The summed E-state index contributed by atoms with van der Waals surface area (Å²) in [4.78, 5) is 17.8. The first-order valence-corrected chi connectivity index (χ1v) is 7.70. The molecule has 22 heavy (non-hydrogen) atoms. The molecule has 1 aliphatic heterocycles. The number of anilines is 1. The predicted molar refractivity (Wildman–Crippen MR) is 87.9 cm³/mol. The zero-order valence-corrected chi connectivity index (χ0v) is 13.7. The van der Waals surface area contributed by atoms with Crippen molar-refractivity contribution in [1.82, 2.24) is 19.9 Å². The molecule has 2 aromatic rings. The second-order valence-corrected chi connectivity index (χ2v) is 6.13. The molecule has 5 nitrogen and oxygen atoms in total. The molecule has 0 atom stereocenters. The summed E-state index contributed by atoms with van der Waals surface area (Å²) >= 11 is 0. The molecule has 0 amide bonds. The van der Waals surface area contributed by atoms with E-state index in [1.807, 2.05) is 19.2 Å². The Morgan fingerprint density at radius 3 is 2.64 bits per heavy atom. The molecular formula is C17H23N5. The molecule has 0 aliphatic carbocycles. The summed E-state index contributed by atoms with van der Waals surface area (Å²) in [6, 6.07) is 4.73. The topological polar surface area (TPSA) is 45.2 Å². The van der Waals surface area contributed by atoms with Crippen molar-refractivity contribution < 1.29 is 0 Å². The van der Waals surface area contributed by atoms with Crippen LogP contribution in [0.25, 0.3) is 0 Å². The lowest BCUT2D eigenvalue weighted by atomic mass is 10.0. The highest BCUT2D eigenvalue weighted by atomic mass is 15.3. The summed E-state index contributed by atoms with van der Waals surface area (Å²) in [5, 5.41) is 0. The molecule has 3 rings (SSSR count). The molecule has 0 unspecified atom stereocenters. The van der Waals surface area contributed by atoms with Gasteiger partial charge in [-0.05, 0) is 39.4 Å². The van der Waals surface area contributed by atoms with Gasteiger partial charge in [-0.3, -0.25) is 9.88 Å². The lowest BCUT2D eigenvalue weighted by molar-refractivity contribution is 0.196.